The Morgan fingerprint density at radius 3 is 2.21 bits per heavy atom. The third-order valence-electron chi connectivity index (χ3n) is 10.9. The van der Waals surface area contributed by atoms with Crippen LogP contribution in [-0.4, -0.2) is 106 Å². The first-order valence-corrected chi connectivity index (χ1v) is 25.0. The van der Waals surface area contributed by atoms with E-state index in [1.165, 1.54) is 18.2 Å². The predicted octanol–water partition coefficient (Wildman–Crippen LogP) is 4.36. The minimum absolute atomic E-state index is 0.0123. The van der Waals surface area contributed by atoms with E-state index in [1.807, 2.05) is 40.7 Å². The maximum absolute atomic E-state index is 12.4. The molecular weight excluding hydrogens is 883 g/mol. The molecule has 3 aliphatic heterocycles. The Bertz CT molecular complexity index is 2670. The summed E-state index contributed by atoms with van der Waals surface area (Å²) in [6.07, 6.45) is 5.15. The fraction of sp³-hybridized carbons (Fsp3) is 0.476. The molecule has 4 aliphatic rings. The molecule has 344 valence electrons. The van der Waals surface area contributed by atoms with Gasteiger partial charge in [0.1, 0.15) is 24.6 Å². The molecule has 1 aromatic carbocycles. The van der Waals surface area contributed by atoms with Crippen molar-refractivity contribution in [3.63, 3.8) is 0 Å². The number of benzene rings is 2. The van der Waals surface area contributed by atoms with Crippen molar-refractivity contribution in [2.75, 3.05) is 49.3 Å². The molecule has 1 aromatic rings. The highest BCUT2D eigenvalue weighted by atomic mass is 32.2. The number of hydrogen-bond donors (Lipinski definition) is 3. The van der Waals surface area contributed by atoms with E-state index in [0.29, 0.717) is 46.6 Å². The summed E-state index contributed by atoms with van der Waals surface area (Å²) in [6, 6.07) is 11.7. The highest BCUT2D eigenvalue weighted by molar-refractivity contribution is 7.86. The van der Waals surface area contributed by atoms with Crippen molar-refractivity contribution in [2.24, 2.45) is 0 Å². The number of allylic oxidation sites excluding steroid dienone is 3. The number of ether oxygens (including phenoxy) is 1. The molecule has 18 nitrogen and oxygen atoms in total. The van der Waals surface area contributed by atoms with Crippen molar-refractivity contribution < 1.29 is 67.3 Å². The second-order valence-corrected chi connectivity index (χ2v) is 21.1. The third-order valence-corrected chi connectivity index (χ3v) is 13.3. The average Bonchev–Trinajstić information content (AvgIpc) is 3.61. The summed E-state index contributed by atoms with van der Waals surface area (Å²) in [7, 11) is -13.1. The number of hydrogen-bond acceptors (Lipinski definition) is 13. The van der Waals surface area contributed by atoms with E-state index in [0.717, 1.165) is 16.5 Å². The van der Waals surface area contributed by atoms with Gasteiger partial charge in [-0.1, -0.05) is 26.8 Å². The van der Waals surface area contributed by atoms with E-state index in [-0.39, 0.29) is 74.3 Å². The first-order chi connectivity index (χ1) is 29.3. The quantitative estimate of drug-likeness (QED) is 0.0653. The molecule has 0 radical (unpaired) electrons. The largest absolute Gasteiger partial charge is 0.456 e. The zero-order valence-electron chi connectivity index (χ0n) is 35.8. The number of amides is 2. The highest BCUT2D eigenvalue weighted by Gasteiger charge is 2.44. The van der Waals surface area contributed by atoms with Crippen molar-refractivity contribution in [3.05, 3.63) is 82.6 Å². The Morgan fingerprint density at radius 1 is 0.921 bits per heavy atom. The van der Waals surface area contributed by atoms with Gasteiger partial charge in [-0.25, -0.2) is 9.37 Å². The molecular formula is C42H54N3O15S3+. The fourth-order valence-corrected chi connectivity index (χ4v) is 9.27. The van der Waals surface area contributed by atoms with Gasteiger partial charge in [0.25, 0.3) is 42.2 Å². The van der Waals surface area contributed by atoms with Crippen LogP contribution in [0.3, 0.4) is 0 Å². The minimum atomic E-state index is -4.66. The van der Waals surface area contributed by atoms with Gasteiger partial charge in [0, 0.05) is 54.2 Å². The van der Waals surface area contributed by atoms with Crippen LogP contribution in [0.15, 0.2) is 69.6 Å². The lowest BCUT2D eigenvalue weighted by atomic mass is 9.77. The van der Waals surface area contributed by atoms with Crippen LogP contribution in [0, 0.1) is 0 Å². The number of carbonyl (C=O) groups is 3. The van der Waals surface area contributed by atoms with Gasteiger partial charge in [-0.15, -0.1) is 5.06 Å². The lowest BCUT2D eigenvalue weighted by Crippen LogP contribution is -2.33. The van der Waals surface area contributed by atoms with E-state index >= 15 is 0 Å². The molecule has 5 rings (SSSR count). The summed E-state index contributed by atoms with van der Waals surface area (Å²) in [5.74, 6) is -2.00. The molecule has 21 heteroatoms. The molecule has 0 aromatic heterocycles. The zero-order valence-corrected chi connectivity index (χ0v) is 38.2. The molecule has 3 heterocycles. The lowest BCUT2D eigenvalue weighted by molar-refractivity contribution is -0.198. The van der Waals surface area contributed by atoms with Crippen LogP contribution < -0.4 is 14.8 Å². The van der Waals surface area contributed by atoms with Gasteiger partial charge < -0.3 is 18.9 Å². The molecule has 3 N–H and O–H groups in total. The van der Waals surface area contributed by atoms with Crippen LogP contribution in [0.2, 0.25) is 0 Å². The second-order valence-electron chi connectivity index (χ2n) is 16.6. The average molecular weight is 937 g/mol. The number of hydroxylamine groups is 2. The molecule has 0 bridgehead atoms. The number of carbonyl (C=O) groups excluding carboxylic acids is 3. The molecule has 63 heavy (non-hydrogen) atoms. The predicted molar refractivity (Wildman–Crippen MR) is 232 cm³/mol. The summed E-state index contributed by atoms with van der Waals surface area (Å²) >= 11 is 0. The van der Waals surface area contributed by atoms with E-state index in [1.54, 1.807) is 25.2 Å². The number of imide groups is 1. The van der Waals surface area contributed by atoms with Crippen LogP contribution in [0.1, 0.15) is 90.0 Å². The first-order valence-electron chi connectivity index (χ1n) is 20.3. The Morgan fingerprint density at radius 2 is 1.59 bits per heavy atom. The number of anilines is 1. The second kappa shape index (κ2) is 19.5. The van der Waals surface area contributed by atoms with E-state index in [4.69, 9.17) is 14.0 Å². The van der Waals surface area contributed by atoms with Gasteiger partial charge in [0.05, 0.1) is 42.1 Å². The summed E-state index contributed by atoms with van der Waals surface area (Å²) in [4.78, 5) is 42.4. The smallest absolute Gasteiger partial charge is 0.335 e. The van der Waals surface area contributed by atoms with Gasteiger partial charge in [0.15, 0.2) is 0 Å². The van der Waals surface area contributed by atoms with Crippen LogP contribution in [0.25, 0.3) is 17.4 Å². The fourth-order valence-electron chi connectivity index (χ4n) is 7.76. The molecule has 1 saturated heterocycles. The summed E-state index contributed by atoms with van der Waals surface area (Å²) in [5.41, 5.74) is 1.96. The molecule has 1 aliphatic carbocycles. The maximum Gasteiger partial charge on any atom is 0.335 e. The molecule has 1 atom stereocenters. The minimum Gasteiger partial charge on any atom is -0.456 e. The van der Waals surface area contributed by atoms with Gasteiger partial charge in [-0.3, -0.25) is 23.2 Å². The number of rotatable bonds is 19. The standard InChI is InChI=1S/C42H53N3O15S3/c1-6-43(20-9-25-62(52,53)54)29-12-14-32-33(41(2,3)4)27-30(59-36(32)26-29)10-7-11-37-42(5,19-8-24-61(49,50)51)34-28-31(63(55,56)57)13-15-35(34)44(37)21-23-58-22-18-40(48)60-45-38(46)16-17-39(45)47/h7,10-15,26-28H,6,8-9,16-25H2,1-5H3,(H2-,49,50,51,52,53,54,55,56,57)/p+1. The van der Waals surface area contributed by atoms with Crippen molar-refractivity contribution >= 4 is 59.9 Å². The summed E-state index contributed by atoms with van der Waals surface area (Å²) in [6.45, 7) is 10.8. The van der Waals surface area contributed by atoms with Gasteiger partial charge in [0.2, 0.25) is 5.36 Å². The van der Waals surface area contributed by atoms with Gasteiger partial charge >= 0.3 is 5.97 Å². The SMILES string of the molecule is CC[N+](CCCS(=O)(=O)O)=c1ccc2c(C(C)(C)C)cc(/C=C/C=C3/N(CCOCCC(=O)ON4C(=O)CCC4=O)c4ccc(S(=O)(=O)O)cc4C3(C)CCCS(=O)(=O)O)oc-2c1. The van der Waals surface area contributed by atoms with E-state index in [9.17, 15) is 53.3 Å². The number of fused-ring (bicyclic) bond motifs is 2. The Hall–Kier alpha value is -4.77. The molecule has 2 amide bonds. The Kier molecular flexibility index (Phi) is 15.3. The molecule has 0 saturated carbocycles. The topological polar surface area (TPSA) is 255 Å². The van der Waals surface area contributed by atoms with Gasteiger partial charge in [-0.2, -0.15) is 25.3 Å². The summed E-state index contributed by atoms with van der Waals surface area (Å²) < 4.78 is 114. The maximum atomic E-state index is 12.4. The van der Waals surface area contributed by atoms with Crippen molar-refractivity contribution in [3.8, 4) is 11.3 Å². The monoisotopic (exact) mass is 936 g/mol. The Labute approximate surface area is 367 Å². The van der Waals surface area contributed by atoms with Crippen molar-refractivity contribution in [1.29, 1.82) is 0 Å². The number of nitrogens with zero attached hydrogens (tertiary/aromatic N) is 3. The Balaban J connectivity index is 1.52. The van der Waals surface area contributed by atoms with E-state index in [2.05, 4.69) is 20.8 Å². The van der Waals surface area contributed by atoms with Crippen molar-refractivity contribution in [2.45, 2.75) is 88.9 Å². The van der Waals surface area contributed by atoms with E-state index < -0.39 is 59.3 Å². The summed E-state index contributed by atoms with van der Waals surface area (Å²) in [5, 5.41) is 1.23. The molecule has 0 spiro atoms. The normalized spacial score (nSPS) is 18.6. The third kappa shape index (κ3) is 12.7. The van der Waals surface area contributed by atoms with Gasteiger partial charge in [-0.05, 0) is 85.7 Å². The van der Waals surface area contributed by atoms with Crippen molar-refractivity contribution in [1.82, 2.24) is 9.64 Å². The lowest BCUT2D eigenvalue weighted by Gasteiger charge is -2.30. The molecule has 1 unspecified atom stereocenters. The highest BCUT2D eigenvalue weighted by Crippen LogP contribution is 2.51. The first kappa shape index (κ1) is 49.2. The zero-order chi connectivity index (χ0) is 46.5. The molecule has 1 fully saturated rings. The van der Waals surface area contributed by atoms with Crippen LogP contribution >= 0.6 is 0 Å². The van der Waals surface area contributed by atoms with Crippen LogP contribution in [0.5, 0.6) is 0 Å². The van der Waals surface area contributed by atoms with Crippen LogP contribution in [-0.2, 0) is 65.1 Å². The van der Waals surface area contributed by atoms with Crippen LogP contribution in [0.4, 0.5) is 5.69 Å².